The fourth-order valence-corrected chi connectivity index (χ4v) is 2.88. The predicted molar refractivity (Wildman–Crippen MR) is 98.1 cm³/mol. The van der Waals surface area contributed by atoms with Crippen molar-refractivity contribution in [1.29, 1.82) is 0 Å². The first-order valence-electron chi connectivity index (χ1n) is 8.69. The van der Waals surface area contributed by atoms with E-state index in [9.17, 15) is 14.0 Å². The molecule has 0 aromatic heterocycles. The molecule has 5 nitrogen and oxygen atoms in total. The molecule has 0 bridgehead atoms. The number of rotatable bonds is 5. The molecule has 1 aliphatic heterocycles. The number of fused-ring (bicyclic) bond motifs is 1. The minimum absolute atomic E-state index is 0.0333. The van der Waals surface area contributed by atoms with Crippen LogP contribution in [0.25, 0.3) is 0 Å². The number of nitrogens with zero attached hydrogens (tertiary/aromatic N) is 1. The van der Waals surface area contributed by atoms with Gasteiger partial charge in [0.05, 0.1) is 11.3 Å². The van der Waals surface area contributed by atoms with Gasteiger partial charge in [-0.25, -0.2) is 4.39 Å². The zero-order valence-corrected chi connectivity index (χ0v) is 14.8. The molecule has 0 aliphatic carbocycles. The summed E-state index contributed by atoms with van der Waals surface area (Å²) < 4.78 is 19.4. The summed E-state index contributed by atoms with van der Waals surface area (Å²) in [6.07, 6.45) is 1.28. The summed E-state index contributed by atoms with van der Waals surface area (Å²) in [6.45, 7) is 4.36. The minimum Gasteiger partial charge on any atom is -0.479 e. The molecular weight excluding hydrogens is 335 g/mol. The van der Waals surface area contributed by atoms with Gasteiger partial charge in [-0.1, -0.05) is 25.5 Å². The highest BCUT2D eigenvalue weighted by Gasteiger charge is 2.31. The SMILES string of the molecule is CCCCN1C(=O)C(C)Oc2ccc(NC(=O)c3ccccc3F)cc21. The average molecular weight is 356 g/mol. The number of hydrogen-bond donors (Lipinski definition) is 1. The van der Waals surface area contributed by atoms with Crippen molar-refractivity contribution in [2.75, 3.05) is 16.8 Å². The van der Waals surface area contributed by atoms with Crippen LogP contribution in [0.2, 0.25) is 0 Å². The van der Waals surface area contributed by atoms with Crippen molar-refractivity contribution >= 4 is 23.2 Å². The first-order chi connectivity index (χ1) is 12.5. The average Bonchev–Trinajstić information content (AvgIpc) is 2.63. The van der Waals surface area contributed by atoms with Crippen LogP contribution in [0.1, 0.15) is 37.0 Å². The van der Waals surface area contributed by atoms with E-state index >= 15 is 0 Å². The number of nitrogens with one attached hydrogen (secondary N) is 1. The van der Waals surface area contributed by atoms with Gasteiger partial charge < -0.3 is 15.0 Å². The molecule has 3 rings (SSSR count). The number of hydrogen-bond acceptors (Lipinski definition) is 3. The molecule has 2 amide bonds. The summed E-state index contributed by atoms with van der Waals surface area (Å²) in [5, 5.41) is 2.68. The van der Waals surface area contributed by atoms with Crippen molar-refractivity contribution in [3.63, 3.8) is 0 Å². The van der Waals surface area contributed by atoms with Gasteiger partial charge in [0, 0.05) is 12.2 Å². The van der Waals surface area contributed by atoms with E-state index in [1.54, 1.807) is 36.1 Å². The fourth-order valence-electron chi connectivity index (χ4n) is 2.88. The van der Waals surface area contributed by atoms with Crippen molar-refractivity contribution in [2.45, 2.75) is 32.8 Å². The van der Waals surface area contributed by atoms with E-state index in [2.05, 4.69) is 12.2 Å². The molecule has 0 spiro atoms. The first kappa shape index (κ1) is 17.9. The molecule has 1 aliphatic rings. The Kier molecular flexibility index (Phi) is 5.21. The van der Waals surface area contributed by atoms with Crippen LogP contribution < -0.4 is 15.0 Å². The van der Waals surface area contributed by atoms with E-state index in [-0.39, 0.29) is 11.5 Å². The van der Waals surface area contributed by atoms with Crippen LogP contribution in [0, 0.1) is 5.82 Å². The van der Waals surface area contributed by atoms with Gasteiger partial charge in [0.2, 0.25) is 0 Å². The van der Waals surface area contributed by atoms with Gasteiger partial charge in [0.1, 0.15) is 11.6 Å². The summed E-state index contributed by atoms with van der Waals surface area (Å²) in [5.41, 5.74) is 1.06. The van der Waals surface area contributed by atoms with Crippen LogP contribution in [-0.4, -0.2) is 24.5 Å². The Balaban J connectivity index is 1.87. The maximum absolute atomic E-state index is 13.8. The van der Waals surface area contributed by atoms with E-state index in [0.717, 1.165) is 12.8 Å². The van der Waals surface area contributed by atoms with Gasteiger partial charge in [-0.3, -0.25) is 9.59 Å². The Labute approximate surface area is 151 Å². The molecule has 2 aromatic rings. The maximum atomic E-state index is 13.8. The van der Waals surface area contributed by atoms with Crippen LogP contribution in [0.4, 0.5) is 15.8 Å². The molecular formula is C20H21FN2O3. The lowest BCUT2D eigenvalue weighted by Gasteiger charge is -2.33. The van der Waals surface area contributed by atoms with Crippen molar-refractivity contribution in [3.05, 3.63) is 53.8 Å². The lowest BCUT2D eigenvalue weighted by Crippen LogP contribution is -2.44. The van der Waals surface area contributed by atoms with E-state index in [1.807, 2.05) is 0 Å². The molecule has 1 atom stereocenters. The zero-order valence-electron chi connectivity index (χ0n) is 14.8. The summed E-state index contributed by atoms with van der Waals surface area (Å²) in [5.74, 6) is -0.639. The minimum atomic E-state index is -0.583. The number of halogens is 1. The largest absolute Gasteiger partial charge is 0.479 e. The smallest absolute Gasteiger partial charge is 0.267 e. The molecule has 1 heterocycles. The molecule has 0 saturated carbocycles. The van der Waals surface area contributed by atoms with Gasteiger partial charge >= 0.3 is 0 Å². The molecule has 1 unspecified atom stereocenters. The number of ether oxygens (including phenoxy) is 1. The second-order valence-electron chi connectivity index (χ2n) is 6.22. The standard InChI is InChI=1S/C20H21FN2O3/c1-3-4-11-23-17-12-14(9-10-18(17)26-13(2)20(23)25)22-19(24)15-7-5-6-8-16(15)21/h5-10,12-13H,3-4,11H2,1-2H3,(H,22,24). The summed E-state index contributed by atoms with van der Waals surface area (Å²) in [4.78, 5) is 26.5. The van der Waals surface area contributed by atoms with Crippen LogP contribution in [0.3, 0.4) is 0 Å². The van der Waals surface area contributed by atoms with Gasteiger partial charge in [-0.2, -0.15) is 0 Å². The molecule has 1 N–H and O–H groups in total. The Morgan fingerprint density at radius 3 is 2.77 bits per heavy atom. The van der Waals surface area contributed by atoms with Crippen molar-refractivity contribution in [2.24, 2.45) is 0 Å². The lowest BCUT2D eigenvalue weighted by atomic mass is 10.1. The fraction of sp³-hybridized carbons (Fsp3) is 0.300. The van der Waals surface area contributed by atoms with E-state index in [4.69, 9.17) is 4.74 Å². The van der Waals surface area contributed by atoms with Gasteiger partial charge in [0.15, 0.2) is 6.10 Å². The number of carbonyl (C=O) groups is 2. The third kappa shape index (κ3) is 3.54. The van der Waals surface area contributed by atoms with E-state index < -0.39 is 17.8 Å². The maximum Gasteiger partial charge on any atom is 0.267 e. The van der Waals surface area contributed by atoms with Crippen LogP contribution in [0.5, 0.6) is 5.75 Å². The second kappa shape index (κ2) is 7.56. The normalized spacial score (nSPS) is 16.0. The first-order valence-corrected chi connectivity index (χ1v) is 8.69. The predicted octanol–water partition coefficient (Wildman–Crippen LogP) is 3.99. The lowest BCUT2D eigenvalue weighted by molar-refractivity contribution is -0.125. The zero-order chi connectivity index (χ0) is 18.7. The molecule has 0 saturated heterocycles. The molecule has 136 valence electrons. The Morgan fingerprint density at radius 2 is 2.04 bits per heavy atom. The molecule has 26 heavy (non-hydrogen) atoms. The number of benzene rings is 2. The number of carbonyl (C=O) groups excluding carboxylic acids is 2. The third-order valence-electron chi connectivity index (χ3n) is 4.28. The quantitative estimate of drug-likeness (QED) is 0.881. The highest BCUT2D eigenvalue weighted by molar-refractivity contribution is 6.05. The molecule has 6 heteroatoms. The van der Waals surface area contributed by atoms with Crippen LogP contribution in [-0.2, 0) is 4.79 Å². The second-order valence-corrected chi connectivity index (χ2v) is 6.22. The molecule has 0 fully saturated rings. The molecule has 0 radical (unpaired) electrons. The highest BCUT2D eigenvalue weighted by Crippen LogP contribution is 2.36. The Morgan fingerprint density at radius 1 is 1.27 bits per heavy atom. The van der Waals surface area contributed by atoms with Gasteiger partial charge in [0.25, 0.3) is 11.8 Å². The van der Waals surface area contributed by atoms with Crippen molar-refractivity contribution in [3.8, 4) is 5.75 Å². The summed E-state index contributed by atoms with van der Waals surface area (Å²) in [6, 6.07) is 10.9. The highest BCUT2D eigenvalue weighted by atomic mass is 19.1. The van der Waals surface area contributed by atoms with Crippen molar-refractivity contribution < 1.29 is 18.7 Å². The number of amides is 2. The van der Waals surface area contributed by atoms with Crippen molar-refractivity contribution in [1.82, 2.24) is 0 Å². The van der Waals surface area contributed by atoms with Gasteiger partial charge in [-0.05, 0) is 43.7 Å². The Bertz CT molecular complexity index is 838. The third-order valence-corrected chi connectivity index (χ3v) is 4.28. The topological polar surface area (TPSA) is 58.6 Å². The Hall–Kier alpha value is -2.89. The molecule has 2 aromatic carbocycles. The number of unbranched alkanes of at least 4 members (excludes halogenated alkanes) is 1. The summed E-state index contributed by atoms with van der Waals surface area (Å²) in [7, 11) is 0. The van der Waals surface area contributed by atoms with E-state index in [1.165, 1.54) is 18.2 Å². The summed E-state index contributed by atoms with van der Waals surface area (Å²) >= 11 is 0. The van der Waals surface area contributed by atoms with E-state index in [0.29, 0.717) is 23.7 Å². The number of anilines is 2. The monoisotopic (exact) mass is 356 g/mol. The van der Waals surface area contributed by atoms with Crippen LogP contribution in [0.15, 0.2) is 42.5 Å². The van der Waals surface area contributed by atoms with Crippen LogP contribution >= 0.6 is 0 Å². The van der Waals surface area contributed by atoms with Gasteiger partial charge in [-0.15, -0.1) is 0 Å².